The smallest absolute Gasteiger partial charge is 0.323 e. The first kappa shape index (κ1) is 50.3. The number of piperidine rings is 2. The number of anilines is 4. The second-order valence-corrected chi connectivity index (χ2v) is 20.0. The predicted molar refractivity (Wildman–Crippen MR) is 258 cm³/mol. The van der Waals surface area contributed by atoms with E-state index in [4.69, 9.17) is 29.4 Å². The van der Waals surface area contributed by atoms with E-state index < -0.39 is 0 Å². The molecule has 0 saturated carbocycles. The van der Waals surface area contributed by atoms with Crippen molar-refractivity contribution >= 4 is 23.8 Å². The second kappa shape index (κ2) is 24.0. The summed E-state index contributed by atoms with van der Waals surface area (Å²) in [6.07, 6.45) is 22.7. The Morgan fingerprint density at radius 3 is 1.06 bits per heavy atom. The first-order valence-corrected chi connectivity index (χ1v) is 23.3. The number of ether oxygens (including phenoxy) is 2. The molecular formula is C48H82N12O2. The van der Waals surface area contributed by atoms with Crippen LogP contribution in [-0.4, -0.2) is 104 Å². The van der Waals surface area contributed by atoms with Gasteiger partial charge in [0.25, 0.3) is 0 Å². The topological polar surface area (TPSA) is 150 Å². The Labute approximate surface area is 374 Å². The number of unbranched alkanes of at least 4 members (excludes halogenated alkanes) is 9. The van der Waals surface area contributed by atoms with Gasteiger partial charge in [-0.1, -0.05) is 75.7 Å². The Morgan fingerprint density at radius 2 is 0.774 bits per heavy atom. The van der Waals surface area contributed by atoms with Gasteiger partial charge in [0, 0.05) is 60.4 Å². The van der Waals surface area contributed by atoms with E-state index in [1.54, 1.807) is 0 Å². The van der Waals surface area contributed by atoms with E-state index in [0.29, 0.717) is 75.2 Å². The molecular weight excluding hydrogens is 777 g/mol. The normalized spacial score (nSPS) is 18.0. The lowest BCUT2D eigenvalue weighted by Gasteiger charge is -2.46. The molecule has 0 spiro atoms. The van der Waals surface area contributed by atoms with Crippen molar-refractivity contribution in [2.24, 2.45) is 0 Å². The number of nitrogens with one attached hydrogen (secondary N) is 4. The van der Waals surface area contributed by atoms with Crippen molar-refractivity contribution in [2.75, 3.05) is 59.8 Å². The van der Waals surface area contributed by atoms with E-state index in [9.17, 15) is 0 Å². The van der Waals surface area contributed by atoms with Crippen molar-refractivity contribution in [1.82, 2.24) is 40.5 Å². The monoisotopic (exact) mass is 859 g/mol. The van der Waals surface area contributed by atoms with Gasteiger partial charge in [-0.15, -0.1) is 26.3 Å². The van der Waals surface area contributed by atoms with Gasteiger partial charge in [0.15, 0.2) is 0 Å². The molecule has 4 N–H and O–H groups in total. The molecule has 2 aliphatic heterocycles. The summed E-state index contributed by atoms with van der Waals surface area (Å²) >= 11 is 0. The van der Waals surface area contributed by atoms with Crippen molar-refractivity contribution in [1.29, 1.82) is 0 Å². The average molecular weight is 859 g/mol. The number of hydrogen-bond donors (Lipinski definition) is 4. The molecule has 0 unspecified atom stereocenters. The predicted octanol–water partition coefficient (Wildman–Crippen LogP) is 9.21. The molecule has 2 fully saturated rings. The van der Waals surface area contributed by atoms with Gasteiger partial charge in [0.2, 0.25) is 23.8 Å². The molecule has 346 valence electrons. The lowest BCUT2D eigenvalue weighted by atomic mass is 9.79. The lowest BCUT2D eigenvalue weighted by molar-refractivity contribution is 0.169. The first-order chi connectivity index (χ1) is 29.4. The molecule has 0 radical (unpaired) electrons. The minimum Gasteiger partial charge on any atom is -0.463 e. The van der Waals surface area contributed by atoms with E-state index >= 15 is 0 Å². The van der Waals surface area contributed by atoms with Gasteiger partial charge in [-0.2, -0.15) is 29.9 Å². The first-order valence-electron chi connectivity index (χ1n) is 23.3. The third-order valence-corrected chi connectivity index (χ3v) is 11.2. The van der Waals surface area contributed by atoms with E-state index in [1.165, 1.54) is 38.5 Å². The number of aromatic nitrogens is 6. The van der Waals surface area contributed by atoms with Crippen LogP contribution in [0.5, 0.6) is 12.0 Å². The number of hydrogen-bond acceptors (Lipinski definition) is 14. The van der Waals surface area contributed by atoms with Crippen LogP contribution in [0.25, 0.3) is 0 Å². The van der Waals surface area contributed by atoms with Gasteiger partial charge >= 0.3 is 12.0 Å². The Hall–Kier alpha value is -4.30. The molecule has 4 rings (SSSR count). The summed E-state index contributed by atoms with van der Waals surface area (Å²) in [6, 6.07) is 1.15. The van der Waals surface area contributed by atoms with Crippen molar-refractivity contribution in [3.05, 3.63) is 50.6 Å². The van der Waals surface area contributed by atoms with Crippen molar-refractivity contribution in [2.45, 2.75) is 180 Å². The Balaban J connectivity index is 1.16. The summed E-state index contributed by atoms with van der Waals surface area (Å²) in [7, 11) is 0. The fourth-order valence-corrected chi connectivity index (χ4v) is 9.49. The van der Waals surface area contributed by atoms with Crippen molar-refractivity contribution < 1.29 is 9.47 Å². The summed E-state index contributed by atoms with van der Waals surface area (Å²) in [5.41, 5.74) is -0.00923. The molecule has 2 aromatic rings. The van der Waals surface area contributed by atoms with Crippen molar-refractivity contribution in [3.63, 3.8) is 0 Å². The molecule has 0 atom stereocenters. The Bertz CT molecular complexity index is 1540. The average Bonchev–Trinajstić information content (AvgIpc) is 3.15. The van der Waals surface area contributed by atoms with Crippen LogP contribution >= 0.6 is 0 Å². The fourth-order valence-electron chi connectivity index (χ4n) is 9.49. The number of nitrogens with zero attached hydrogens (tertiary/aromatic N) is 8. The number of rotatable bonds is 29. The third-order valence-electron chi connectivity index (χ3n) is 11.2. The summed E-state index contributed by atoms with van der Waals surface area (Å²) in [5.74, 6) is 2.22. The molecule has 4 heterocycles. The van der Waals surface area contributed by atoms with Crippen LogP contribution in [0.4, 0.5) is 23.8 Å². The third kappa shape index (κ3) is 17.8. The molecule has 2 saturated heterocycles. The van der Waals surface area contributed by atoms with Crippen LogP contribution < -0.4 is 40.5 Å². The Kier molecular flexibility index (Phi) is 19.4. The largest absolute Gasteiger partial charge is 0.463 e. The fraction of sp³-hybridized carbons (Fsp3) is 0.708. The van der Waals surface area contributed by atoms with Gasteiger partial charge in [-0.3, -0.25) is 0 Å². The van der Waals surface area contributed by atoms with Gasteiger partial charge in [-0.05, 0) is 93.9 Å². The van der Waals surface area contributed by atoms with Gasteiger partial charge in [0.1, 0.15) is 0 Å². The molecule has 0 aliphatic carbocycles. The van der Waals surface area contributed by atoms with Gasteiger partial charge < -0.3 is 40.5 Å². The molecule has 0 bridgehead atoms. The van der Waals surface area contributed by atoms with E-state index in [1.807, 2.05) is 34.1 Å². The van der Waals surface area contributed by atoms with Crippen LogP contribution in [-0.2, 0) is 0 Å². The van der Waals surface area contributed by atoms with Crippen LogP contribution in [0.15, 0.2) is 50.6 Å². The highest BCUT2D eigenvalue weighted by Gasteiger charge is 2.39. The highest BCUT2D eigenvalue weighted by atomic mass is 16.5. The van der Waals surface area contributed by atoms with E-state index in [2.05, 4.69) is 113 Å². The molecule has 0 amide bonds. The molecule has 14 heteroatoms. The summed E-state index contributed by atoms with van der Waals surface area (Å²) in [6.45, 7) is 37.2. The SMILES string of the molecule is C=CCN(CC=C)c1nc(NC2CC(C)(C)NC(C)(C)C2)nc(OCCCCCCCCCCCCOc2nc(NC3CC(C)(C)NC(C)(C)C3)nc(N(CC=C)CC=C)n2)n1. The summed E-state index contributed by atoms with van der Waals surface area (Å²) < 4.78 is 12.3. The maximum absolute atomic E-state index is 6.14. The molecule has 14 nitrogen and oxygen atoms in total. The Morgan fingerprint density at radius 1 is 0.484 bits per heavy atom. The molecule has 2 aromatic heterocycles. The van der Waals surface area contributed by atoms with Crippen LogP contribution in [0, 0.1) is 0 Å². The summed E-state index contributed by atoms with van der Waals surface area (Å²) in [5, 5.41) is 14.7. The molecule has 2 aliphatic rings. The highest BCUT2D eigenvalue weighted by molar-refractivity contribution is 5.42. The zero-order valence-corrected chi connectivity index (χ0v) is 39.8. The second-order valence-electron chi connectivity index (χ2n) is 20.0. The van der Waals surface area contributed by atoms with Gasteiger partial charge in [0.05, 0.1) is 13.2 Å². The van der Waals surface area contributed by atoms with E-state index in [0.717, 1.165) is 51.4 Å². The molecule has 62 heavy (non-hydrogen) atoms. The maximum atomic E-state index is 6.14. The van der Waals surface area contributed by atoms with Crippen LogP contribution in [0.1, 0.15) is 145 Å². The minimum absolute atomic E-state index is 0.00231. The lowest BCUT2D eigenvalue weighted by Crippen LogP contribution is -2.60. The zero-order chi connectivity index (χ0) is 45.2. The van der Waals surface area contributed by atoms with E-state index in [-0.39, 0.29) is 34.2 Å². The molecule has 0 aromatic carbocycles. The zero-order valence-electron chi connectivity index (χ0n) is 39.8. The van der Waals surface area contributed by atoms with Crippen LogP contribution in [0.3, 0.4) is 0 Å². The minimum atomic E-state index is -0.00231. The van der Waals surface area contributed by atoms with Crippen molar-refractivity contribution in [3.8, 4) is 12.0 Å². The standard InChI is InChI=1S/C48H82N12O2/c1-13-27-59(28-14-2)41-51-39(49-37-33-45(5,6)57-46(7,8)34-37)53-43(55-41)61-31-25-23-21-19-17-18-20-22-24-26-32-62-44-54-40(52-42(56-44)60(29-15-3)30-16-4)50-38-35-47(9,10)58-48(11,12)36-38/h13-16,37-38,57-58H,1-4,17-36H2,5-12H3,(H,49,51,53,55)(H,50,52,54,56). The maximum Gasteiger partial charge on any atom is 0.323 e. The summed E-state index contributed by atoms with van der Waals surface area (Å²) in [4.78, 5) is 32.4. The van der Waals surface area contributed by atoms with Gasteiger partial charge in [-0.25, -0.2) is 0 Å². The van der Waals surface area contributed by atoms with Crippen LogP contribution in [0.2, 0.25) is 0 Å². The highest BCUT2D eigenvalue weighted by Crippen LogP contribution is 2.32. The quantitative estimate of drug-likeness (QED) is 0.0455.